The number of ether oxygens (including phenoxy) is 1. The van der Waals surface area contributed by atoms with Gasteiger partial charge in [0.2, 0.25) is 0 Å². The lowest BCUT2D eigenvalue weighted by atomic mass is 10.2. The molecule has 0 aliphatic heterocycles. The predicted molar refractivity (Wildman–Crippen MR) is 71.3 cm³/mol. The summed E-state index contributed by atoms with van der Waals surface area (Å²) >= 11 is 0. The molecule has 2 N–H and O–H groups in total. The summed E-state index contributed by atoms with van der Waals surface area (Å²) in [5.41, 5.74) is 0.454. The number of carboxylic acid groups (broad SMARTS) is 1. The first kappa shape index (κ1) is 15.0. The number of hydrogen-bond donors (Lipinski definition) is 2. The van der Waals surface area contributed by atoms with Crippen molar-refractivity contribution in [1.29, 1.82) is 0 Å². The van der Waals surface area contributed by atoms with Crippen LogP contribution in [0.4, 0.5) is 0 Å². The van der Waals surface area contributed by atoms with Gasteiger partial charge in [0.15, 0.2) is 6.10 Å². The smallest absolute Gasteiger partial charge is 0.344 e. The number of carbonyl (C=O) groups excluding carboxylic acids is 1. The van der Waals surface area contributed by atoms with Crippen molar-refractivity contribution in [1.82, 2.24) is 5.32 Å². The quantitative estimate of drug-likeness (QED) is 0.824. The molecule has 0 radical (unpaired) electrons. The van der Waals surface area contributed by atoms with Crippen molar-refractivity contribution in [2.45, 2.75) is 26.9 Å². The Labute approximate surface area is 112 Å². The van der Waals surface area contributed by atoms with E-state index in [1.165, 1.54) is 13.0 Å². The molecule has 0 bridgehead atoms. The Balaban J connectivity index is 2.71. The minimum atomic E-state index is -1.05. The first-order valence-corrected chi connectivity index (χ1v) is 6.18. The average Bonchev–Trinajstić information content (AvgIpc) is 2.36. The SMILES string of the molecule is CC(C)CNC(=O)c1cccc(OC(C)C(=O)O)c1. The third-order valence-electron chi connectivity index (χ3n) is 2.43. The first-order chi connectivity index (χ1) is 8.90. The molecule has 1 aromatic carbocycles. The van der Waals surface area contributed by atoms with Crippen molar-refractivity contribution < 1.29 is 19.4 Å². The second-order valence-electron chi connectivity index (χ2n) is 4.73. The van der Waals surface area contributed by atoms with Gasteiger partial charge in [-0.1, -0.05) is 19.9 Å². The van der Waals surface area contributed by atoms with Crippen molar-refractivity contribution in [2.75, 3.05) is 6.54 Å². The molecule has 1 atom stereocenters. The van der Waals surface area contributed by atoms with Crippen LogP contribution in [0.5, 0.6) is 5.75 Å². The minimum Gasteiger partial charge on any atom is -0.479 e. The Morgan fingerprint density at radius 3 is 2.58 bits per heavy atom. The van der Waals surface area contributed by atoms with E-state index in [0.29, 0.717) is 23.8 Å². The Morgan fingerprint density at radius 1 is 1.32 bits per heavy atom. The number of benzene rings is 1. The zero-order valence-corrected chi connectivity index (χ0v) is 11.3. The number of carbonyl (C=O) groups is 2. The number of carboxylic acids is 1. The third-order valence-corrected chi connectivity index (χ3v) is 2.43. The maximum Gasteiger partial charge on any atom is 0.344 e. The van der Waals surface area contributed by atoms with Gasteiger partial charge in [0, 0.05) is 12.1 Å². The lowest BCUT2D eigenvalue weighted by Crippen LogP contribution is -2.27. The van der Waals surface area contributed by atoms with E-state index in [1.54, 1.807) is 18.2 Å². The molecule has 0 aromatic heterocycles. The molecular weight excluding hydrogens is 246 g/mol. The van der Waals surface area contributed by atoms with Crippen LogP contribution in [-0.4, -0.2) is 29.6 Å². The third kappa shape index (κ3) is 4.99. The van der Waals surface area contributed by atoms with Crippen LogP contribution in [0.3, 0.4) is 0 Å². The maximum absolute atomic E-state index is 11.8. The molecule has 1 aromatic rings. The van der Waals surface area contributed by atoms with E-state index < -0.39 is 12.1 Å². The second kappa shape index (κ2) is 6.78. The molecule has 5 nitrogen and oxygen atoms in total. The van der Waals surface area contributed by atoms with Crippen molar-refractivity contribution in [3.8, 4) is 5.75 Å². The summed E-state index contributed by atoms with van der Waals surface area (Å²) < 4.78 is 5.21. The molecule has 0 aliphatic rings. The highest BCUT2D eigenvalue weighted by Crippen LogP contribution is 2.15. The fourth-order valence-electron chi connectivity index (χ4n) is 1.36. The highest BCUT2D eigenvalue weighted by atomic mass is 16.5. The summed E-state index contributed by atoms with van der Waals surface area (Å²) in [5, 5.41) is 11.6. The molecule has 1 rings (SSSR count). The number of nitrogens with one attached hydrogen (secondary N) is 1. The van der Waals surface area contributed by atoms with E-state index in [2.05, 4.69) is 5.32 Å². The van der Waals surface area contributed by atoms with Crippen LogP contribution in [0, 0.1) is 5.92 Å². The number of amides is 1. The number of rotatable bonds is 6. The maximum atomic E-state index is 11.8. The van der Waals surface area contributed by atoms with Gasteiger partial charge in [-0.2, -0.15) is 0 Å². The van der Waals surface area contributed by atoms with Gasteiger partial charge in [0.05, 0.1) is 0 Å². The highest BCUT2D eigenvalue weighted by molar-refractivity contribution is 5.94. The molecule has 0 fully saturated rings. The predicted octanol–water partition coefficient (Wildman–Crippen LogP) is 1.92. The van der Waals surface area contributed by atoms with Gasteiger partial charge < -0.3 is 15.2 Å². The van der Waals surface area contributed by atoms with E-state index in [9.17, 15) is 9.59 Å². The Morgan fingerprint density at radius 2 is 2.00 bits per heavy atom. The number of hydrogen-bond acceptors (Lipinski definition) is 3. The van der Waals surface area contributed by atoms with Crippen LogP contribution >= 0.6 is 0 Å². The van der Waals surface area contributed by atoms with Gasteiger partial charge in [0.1, 0.15) is 5.75 Å². The summed E-state index contributed by atoms with van der Waals surface area (Å²) in [4.78, 5) is 22.5. The van der Waals surface area contributed by atoms with Gasteiger partial charge in [-0.3, -0.25) is 4.79 Å². The highest BCUT2D eigenvalue weighted by Gasteiger charge is 2.13. The normalized spacial score (nSPS) is 12.0. The van der Waals surface area contributed by atoms with E-state index >= 15 is 0 Å². The van der Waals surface area contributed by atoms with Gasteiger partial charge in [-0.15, -0.1) is 0 Å². The summed E-state index contributed by atoms with van der Waals surface area (Å²) in [7, 11) is 0. The molecule has 0 aliphatic carbocycles. The topological polar surface area (TPSA) is 75.6 Å². The Kier molecular flexibility index (Phi) is 5.36. The summed E-state index contributed by atoms with van der Waals surface area (Å²) in [6, 6.07) is 6.48. The van der Waals surface area contributed by atoms with E-state index in [1.807, 2.05) is 13.8 Å². The minimum absolute atomic E-state index is 0.192. The van der Waals surface area contributed by atoms with Crippen molar-refractivity contribution in [3.63, 3.8) is 0 Å². The molecule has 1 unspecified atom stereocenters. The van der Waals surface area contributed by atoms with E-state index in [0.717, 1.165) is 0 Å². The van der Waals surface area contributed by atoms with E-state index in [4.69, 9.17) is 9.84 Å². The molecule has 0 saturated heterocycles. The van der Waals surface area contributed by atoms with Crippen LogP contribution in [0.15, 0.2) is 24.3 Å². The molecule has 1 amide bonds. The van der Waals surface area contributed by atoms with Crippen LogP contribution in [0.1, 0.15) is 31.1 Å². The standard InChI is InChI=1S/C14H19NO4/c1-9(2)8-15-13(16)11-5-4-6-12(7-11)19-10(3)14(17)18/h4-7,9-10H,8H2,1-3H3,(H,15,16)(H,17,18). The first-order valence-electron chi connectivity index (χ1n) is 6.18. The van der Waals surface area contributed by atoms with Gasteiger partial charge in [-0.25, -0.2) is 4.79 Å². The lowest BCUT2D eigenvalue weighted by molar-refractivity contribution is -0.144. The largest absolute Gasteiger partial charge is 0.479 e. The summed E-state index contributed by atoms with van der Waals surface area (Å²) in [6.07, 6.45) is -0.950. The molecule has 104 valence electrons. The van der Waals surface area contributed by atoms with Crippen molar-refractivity contribution >= 4 is 11.9 Å². The fraction of sp³-hybridized carbons (Fsp3) is 0.429. The Bertz CT molecular complexity index is 457. The summed E-state index contributed by atoms with van der Waals surface area (Å²) in [6.45, 7) is 6.05. The zero-order valence-electron chi connectivity index (χ0n) is 11.3. The molecule has 5 heteroatoms. The van der Waals surface area contributed by atoms with Crippen LogP contribution < -0.4 is 10.1 Å². The van der Waals surface area contributed by atoms with Crippen molar-refractivity contribution in [3.05, 3.63) is 29.8 Å². The average molecular weight is 265 g/mol. The van der Waals surface area contributed by atoms with Gasteiger partial charge in [0.25, 0.3) is 5.91 Å². The van der Waals surface area contributed by atoms with Crippen molar-refractivity contribution in [2.24, 2.45) is 5.92 Å². The Hall–Kier alpha value is -2.04. The molecule has 19 heavy (non-hydrogen) atoms. The van der Waals surface area contributed by atoms with E-state index in [-0.39, 0.29) is 5.91 Å². The fourth-order valence-corrected chi connectivity index (χ4v) is 1.36. The molecule has 0 spiro atoms. The summed E-state index contributed by atoms with van der Waals surface area (Å²) in [5.74, 6) is -0.501. The van der Waals surface area contributed by atoms with Gasteiger partial charge in [-0.05, 0) is 31.0 Å². The van der Waals surface area contributed by atoms with Crippen LogP contribution in [0.2, 0.25) is 0 Å². The van der Waals surface area contributed by atoms with Crippen LogP contribution in [0.25, 0.3) is 0 Å². The molecule has 0 saturated carbocycles. The molecular formula is C14H19NO4. The lowest BCUT2D eigenvalue weighted by Gasteiger charge is -2.12. The molecule has 0 heterocycles. The number of aliphatic carboxylic acids is 1. The second-order valence-corrected chi connectivity index (χ2v) is 4.73. The van der Waals surface area contributed by atoms with Gasteiger partial charge >= 0.3 is 5.97 Å². The van der Waals surface area contributed by atoms with Crippen LogP contribution in [-0.2, 0) is 4.79 Å². The zero-order chi connectivity index (χ0) is 14.4. The monoisotopic (exact) mass is 265 g/mol.